The highest BCUT2D eigenvalue weighted by atomic mass is 28.4. The summed E-state index contributed by atoms with van der Waals surface area (Å²) in [7, 11) is -3.22. The molecule has 0 spiro atoms. The van der Waals surface area contributed by atoms with Gasteiger partial charge in [-0.25, -0.2) is 0 Å². The van der Waals surface area contributed by atoms with E-state index < -0.39 is 16.6 Å². The molecule has 0 saturated heterocycles. The van der Waals surface area contributed by atoms with Crippen molar-refractivity contribution in [1.29, 1.82) is 0 Å². The maximum absolute atomic E-state index is 11.3. The third kappa shape index (κ3) is 19.5. The van der Waals surface area contributed by atoms with Crippen LogP contribution in [0.3, 0.4) is 0 Å². The number of hydrogen-bond donors (Lipinski definition) is 1. The predicted octanol–water partition coefficient (Wildman–Crippen LogP) is 9.75. The highest BCUT2D eigenvalue weighted by molar-refractivity contribution is 6.74. The van der Waals surface area contributed by atoms with E-state index in [-0.39, 0.29) is 16.4 Å². The summed E-state index contributed by atoms with van der Waals surface area (Å²) in [6, 6.07) is 0. The highest BCUT2D eigenvalue weighted by Gasteiger charge is 2.38. The van der Waals surface area contributed by atoms with E-state index in [9.17, 15) is 4.79 Å². The first-order valence-electron chi connectivity index (χ1n) is 15.5. The Labute approximate surface area is 246 Å². The summed E-state index contributed by atoms with van der Waals surface area (Å²) in [5.74, 6) is -0.0779. The SMILES string of the molecule is CC(C)(CCCCO)CCO[Si](C)(C)C(C)(C)C.CCOC(=O)CCCC(C)(C)CCO[Si](C)(C)C(C)(C)C. The molecule has 0 bridgehead atoms. The zero-order valence-electron chi connectivity index (χ0n) is 29.1. The van der Waals surface area contributed by atoms with Crippen molar-refractivity contribution in [2.45, 2.75) is 164 Å². The van der Waals surface area contributed by atoms with E-state index in [1.54, 1.807) is 0 Å². The van der Waals surface area contributed by atoms with Gasteiger partial charge in [0.1, 0.15) is 0 Å². The zero-order valence-corrected chi connectivity index (χ0v) is 31.1. The molecule has 0 aliphatic heterocycles. The van der Waals surface area contributed by atoms with Crippen LogP contribution in [-0.4, -0.2) is 54.1 Å². The molecular weight excluding hydrogens is 521 g/mol. The van der Waals surface area contributed by atoms with Crippen LogP contribution in [-0.2, 0) is 18.4 Å². The molecule has 236 valence electrons. The predicted molar refractivity (Wildman–Crippen MR) is 175 cm³/mol. The van der Waals surface area contributed by atoms with Crippen LogP contribution in [0.5, 0.6) is 0 Å². The maximum atomic E-state index is 11.3. The van der Waals surface area contributed by atoms with Crippen molar-refractivity contribution in [1.82, 2.24) is 0 Å². The van der Waals surface area contributed by atoms with Crippen molar-refractivity contribution in [3.8, 4) is 0 Å². The second-order valence-corrected chi connectivity index (χ2v) is 25.5. The van der Waals surface area contributed by atoms with E-state index in [1.165, 1.54) is 6.42 Å². The van der Waals surface area contributed by atoms with Crippen LogP contribution in [0, 0.1) is 10.8 Å². The molecule has 7 heteroatoms. The van der Waals surface area contributed by atoms with Crippen LogP contribution >= 0.6 is 0 Å². The number of rotatable bonds is 17. The third-order valence-corrected chi connectivity index (χ3v) is 18.0. The fourth-order valence-corrected chi connectivity index (χ4v) is 5.60. The topological polar surface area (TPSA) is 65.0 Å². The molecule has 0 aromatic heterocycles. The van der Waals surface area contributed by atoms with Crippen LogP contribution in [0.25, 0.3) is 0 Å². The number of aliphatic hydroxyl groups is 1. The largest absolute Gasteiger partial charge is 0.466 e. The lowest BCUT2D eigenvalue weighted by Gasteiger charge is -2.37. The molecular formula is C32H70O5Si2. The summed E-state index contributed by atoms with van der Waals surface area (Å²) in [6.45, 7) is 36.3. The Morgan fingerprint density at radius 3 is 1.36 bits per heavy atom. The summed E-state index contributed by atoms with van der Waals surface area (Å²) < 4.78 is 17.4. The Morgan fingerprint density at radius 1 is 0.641 bits per heavy atom. The number of esters is 1. The minimum atomic E-state index is -1.64. The smallest absolute Gasteiger partial charge is 0.305 e. The quantitative estimate of drug-likeness (QED) is 0.104. The van der Waals surface area contributed by atoms with E-state index in [0.717, 1.165) is 51.7 Å². The Balaban J connectivity index is 0. The molecule has 5 nitrogen and oxygen atoms in total. The molecule has 0 heterocycles. The number of aliphatic hydroxyl groups excluding tert-OH is 1. The van der Waals surface area contributed by atoms with E-state index in [1.807, 2.05) is 6.92 Å². The van der Waals surface area contributed by atoms with Gasteiger partial charge >= 0.3 is 5.97 Å². The van der Waals surface area contributed by atoms with Crippen LogP contribution < -0.4 is 0 Å². The highest BCUT2D eigenvalue weighted by Crippen LogP contribution is 2.38. The summed E-state index contributed by atoms with van der Waals surface area (Å²) >= 11 is 0. The van der Waals surface area contributed by atoms with Gasteiger partial charge in [0, 0.05) is 26.2 Å². The molecule has 0 fully saturated rings. The van der Waals surface area contributed by atoms with Crippen LogP contribution in [0.4, 0.5) is 0 Å². The van der Waals surface area contributed by atoms with Crippen molar-refractivity contribution >= 4 is 22.6 Å². The number of ether oxygens (including phenoxy) is 1. The Morgan fingerprint density at radius 2 is 1.03 bits per heavy atom. The fraction of sp³-hybridized carbons (Fsp3) is 0.969. The van der Waals surface area contributed by atoms with Crippen LogP contribution in [0.1, 0.15) is 128 Å². The zero-order chi connectivity index (χ0) is 31.2. The molecule has 0 unspecified atom stereocenters. The average molecular weight is 591 g/mol. The van der Waals surface area contributed by atoms with Gasteiger partial charge < -0.3 is 18.7 Å². The van der Waals surface area contributed by atoms with Crippen molar-refractivity contribution in [3.05, 3.63) is 0 Å². The second kappa shape index (κ2) is 17.7. The molecule has 1 N–H and O–H groups in total. The van der Waals surface area contributed by atoms with Gasteiger partial charge in [-0.3, -0.25) is 4.79 Å². The molecule has 0 amide bonds. The van der Waals surface area contributed by atoms with E-state index >= 15 is 0 Å². The molecule has 0 atom stereocenters. The van der Waals surface area contributed by atoms with Crippen molar-refractivity contribution in [3.63, 3.8) is 0 Å². The van der Waals surface area contributed by atoms with Gasteiger partial charge in [0.05, 0.1) is 6.61 Å². The monoisotopic (exact) mass is 590 g/mol. The first-order valence-corrected chi connectivity index (χ1v) is 21.3. The Hall–Kier alpha value is -0.216. The summed E-state index contributed by atoms with van der Waals surface area (Å²) in [4.78, 5) is 11.3. The van der Waals surface area contributed by atoms with Crippen molar-refractivity contribution in [2.24, 2.45) is 10.8 Å². The first kappa shape index (κ1) is 40.9. The summed E-state index contributed by atoms with van der Waals surface area (Å²) in [6.07, 6.45) is 7.83. The number of hydrogen-bond acceptors (Lipinski definition) is 5. The van der Waals surface area contributed by atoms with Gasteiger partial charge in [0.2, 0.25) is 0 Å². The Kier molecular flexibility index (Phi) is 18.5. The maximum Gasteiger partial charge on any atom is 0.305 e. The minimum absolute atomic E-state index is 0.0779. The molecule has 0 aromatic rings. The van der Waals surface area contributed by atoms with Gasteiger partial charge in [-0.15, -0.1) is 0 Å². The second-order valence-electron chi connectivity index (χ2n) is 15.9. The molecule has 0 aliphatic carbocycles. The minimum Gasteiger partial charge on any atom is -0.466 e. The molecule has 0 aliphatic rings. The van der Waals surface area contributed by atoms with Gasteiger partial charge in [0.15, 0.2) is 16.6 Å². The van der Waals surface area contributed by atoms with Gasteiger partial charge in [-0.05, 0) is 92.5 Å². The standard InChI is InChI=1S/C17H36O3Si.C15H34O2Si/c1-9-19-15(18)11-10-12-17(5,6)13-14-20-21(7,8)16(2,3)4;1-14(2,3)18(6,7)17-13-11-15(4,5)10-8-9-12-16/h9-14H2,1-8H3;16H,8-13H2,1-7H3. The number of carbonyl (C=O) groups is 1. The van der Waals surface area contributed by atoms with Gasteiger partial charge in [-0.1, -0.05) is 75.7 Å². The molecule has 39 heavy (non-hydrogen) atoms. The van der Waals surface area contributed by atoms with Crippen LogP contribution in [0.15, 0.2) is 0 Å². The lowest BCUT2D eigenvalue weighted by Crippen LogP contribution is -2.41. The average Bonchev–Trinajstić information content (AvgIpc) is 2.72. The van der Waals surface area contributed by atoms with E-state index in [2.05, 4.69) is 95.4 Å². The van der Waals surface area contributed by atoms with Crippen molar-refractivity contribution < 1.29 is 23.5 Å². The summed E-state index contributed by atoms with van der Waals surface area (Å²) in [5, 5.41) is 9.38. The molecule has 0 radical (unpaired) electrons. The molecule has 0 saturated carbocycles. The fourth-order valence-electron chi connectivity index (χ4n) is 3.51. The summed E-state index contributed by atoms with van der Waals surface area (Å²) in [5.41, 5.74) is 0.548. The molecule has 0 aromatic carbocycles. The van der Waals surface area contributed by atoms with E-state index in [0.29, 0.717) is 30.1 Å². The first-order chi connectivity index (χ1) is 17.4. The van der Waals surface area contributed by atoms with Crippen LogP contribution in [0.2, 0.25) is 36.3 Å². The Bertz CT molecular complexity index is 658. The van der Waals surface area contributed by atoms with Gasteiger partial charge in [-0.2, -0.15) is 0 Å². The number of carbonyl (C=O) groups excluding carboxylic acids is 1. The normalized spacial score (nSPS) is 13.6. The lowest BCUT2D eigenvalue weighted by molar-refractivity contribution is -0.143. The molecule has 0 rings (SSSR count). The van der Waals surface area contributed by atoms with E-state index in [4.69, 9.17) is 18.7 Å². The van der Waals surface area contributed by atoms with Gasteiger partial charge in [0.25, 0.3) is 0 Å². The van der Waals surface area contributed by atoms with Crippen molar-refractivity contribution in [2.75, 3.05) is 26.4 Å². The third-order valence-electron chi connectivity index (χ3n) is 8.90. The lowest BCUT2D eigenvalue weighted by atomic mass is 9.84. The number of unbranched alkanes of at least 4 members (excludes halogenated alkanes) is 1.